The van der Waals surface area contributed by atoms with Gasteiger partial charge in [0.2, 0.25) is 0 Å². The molecule has 0 spiro atoms. The van der Waals surface area contributed by atoms with Crippen LogP contribution in [0.1, 0.15) is 34.6 Å². The van der Waals surface area contributed by atoms with E-state index >= 15 is 0 Å². The monoisotopic (exact) mass is 153 g/mol. The van der Waals surface area contributed by atoms with E-state index in [1.165, 1.54) is 11.4 Å². The molecule has 0 saturated carbocycles. The number of hydrogen-bond donors (Lipinski definition) is 0. The van der Waals surface area contributed by atoms with Crippen LogP contribution in [0.15, 0.2) is 5.10 Å². The molecule has 0 aromatic rings. The maximum absolute atomic E-state index is 4.45. The molecule has 2 nitrogen and oxygen atoms in total. The number of nitrogens with zero attached hydrogens (tertiary/aromatic N) is 2. The molecule has 0 fully saturated rings. The Morgan fingerprint density at radius 2 is 1.91 bits per heavy atom. The number of hydrogen-bond acceptors (Lipinski definition) is 1. The molecule has 1 rings (SSSR count). The van der Waals surface area contributed by atoms with Gasteiger partial charge in [-0.15, -0.1) is 0 Å². The first-order valence-electron chi connectivity index (χ1n) is 4.17. The highest BCUT2D eigenvalue weighted by molar-refractivity contribution is 6.08. The molecule has 0 bridgehead atoms. The second kappa shape index (κ2) is 2.43. The summed E-state index contributed by atoms with van der Waals surface area (Å²) in [6.45, 7) is 11.8. The van der Waals surface area contributed by atoms with Crippen LogP contribution in [0.3, 0.4) is 0 Å². The van der Waals surface area contributed by atoms with Crippen LogP contribution in [0.5, 0.6) is 0 Å². The zero-order valence-electron chi connectivity index (χ0n) is 8.10. The third-order valence-corrected chi connectivity index (χ3v) is 2.77. The van der Waals surface area contributed by atoms with E-state index in [1.807, 2.05) is 0 Å². The molecule has 0 atom stereocenters. The first kappa shape index (κ1) is 8.44. The Morgan fingerprint density at radius 3 is 2.09 bits per heavy atom. The van der Waals surface area contributed by atoms with Crippen LogP contribution in [-0.4, -0.2) is 22.7 Å². The van der Waals surface area contributed by atoms with Crippen molar-refractivity contribution in [1.82, 2.24) is 0 Å². The zero-order valence-corrected chi connectivity index (χ0v) is 8.10. The highest BCUT2D eigenvalue weighted by Crippen LogP contribution is 2.24. The molecule has 0 amide bonds. The second-order valence-electron chi connectivity index (χ2n) is 3.61. The summed E-state index contributed by atoms with van der Waals surface area (Å²) in [6.07, 6.45) is 0. The SMILES string of the molecule is CC[N+]1=C(C)C(C)(C)C(C)=N1. The van der Waals surface area contributed by atoms with Crippen molar-refractivity contribution < 1.29 is 4.68 Å². The minimum absolute atomic E-state index is 0.177. The van der Waals surface area contributed by atoms with E-state index in [2.05, 4.69) is 44.4 Å². The van der Waals surface area contributed by atoms with Crippen molar-refractivity contribution in [3.63, 3.8) is 0 Å². The van der Waals surface area contributed by atoms with Crippen LogP contribution >= 0.6 is 0 Å². The van der Waals surface area contributed by atoms with E-state index in [1.54, 1.807) is 0 Å². The molecule has 0 N–H and O–H groups in total. The normalized spacial score (nSPS) is 22.5. The van der Waals surface area contributed by atoms with E-state index in [9.17, 15) is 0 Å². The average molecular weight is 153 g/mol. The topological polar surface area (TPSA) is 15.4 Å². The Kier molecular flexibility index (Phi) is 1.87. The van der Waals surface area contributed by atoms with E-state index in [0.29, 0.717) is 0 Å². The summed E-state index contributed by atoms with van der Waals surface area (Å²) < 4.78 is 2.08. The Hall–Kier alpha value is -0.660. The quantitative estimate of drug-likeness (QED) is 0.511. The van der Waals surface area contributed by atoms with Crippen molar-refractivity contribution in [2.75, 3.05) is 6.54 Å². The van der Waals surface area contributed by atoms with Crippen molar-refractivity contribution in [2.45, 2.75) is 34.6 Å². The lowest BCUT2D eigenvalue weighted by molar-refractivity contribution is -0.528. The maximum Gasteiger partial charge on any atom is 0.193 e. The Morgan fingerprint density at radius 1 is 1.36 bits per heavy atom. The van der Waals surface area contributed by atoms with Gasteiger partial charge in [0, 0.05) is 6.92 Å². The molecule has 0 radical (unpaired) electrons. The first-order chi connectivity index (χ1) is 5.00. The molecule has 0 saturated heterocycles. The van der Waals surface area contributed by atoms with Gasteiger partial charge in [-0.2, -0.15) is 0 Å². The van der Waals surface area contributed by atoms with Gasteiger partial charge in [-0.25, -0.2) is 0 Å². The van der Waals surface area contributed by atoms with Gasteiger partial charge in [0.25, 0.3) is 0 Å². The fraction of sp³-hybridized carbons (Fsp3) is 0.778. The minimum Gasteiger partial charge on any atom is -0.0922 e. The van der Waals surface area contributed by atoms with Crippen LogP contribution in [0, 0.1) is 5.41 Å². The summed E-state index contributed by atoms with van der Waals surface area (Å²) in [4.78, 5) is 0. The fourth-order valence-corrected chi connectivity index (χ4v) is 1.27. The average Bonchev–Trinajstić information content (AvgIpc) is 2.14. The lowest BCUT2D eigenvalue weighted by Crippen LogP contribution is -2.28. The van der Waals surface area contributed by atoms with Crippen molar-refractivity contribution in [2.24, 2.45) is 10.5 Å². The van der Waals surface area contributed by atoms with E-state index in [-0.39, 0.29) is 5.41 Å². The highest BCUT2D eigenvalue weighted by Gasteiger charge is 2.38. The molecule has 0 aliphatic carbocycles. The molecule has 1 aliphatic heterocycles. The van der Waals surface area contributed by atoms with Crippen molar-refractivity contribution in [1.29, 1.82) is 0 Å². The summed E-state index contributed by atoms with van der Waals surface area (Å²) in [6, 6.07) is 0. The van der Waals surface area contributed by atoms with E-state index in [4.69, 9.17) is 0 Å². The summed E-state index contributed by atoms with van der Waals surface area (Å²) in [5, 5.41) is 4.45. The van der Waals surface area contributed by atoms with Gasteiger partial charge in [0.1, 0.15) is 0 Å². The van der Waals surface area contributed by atoms with Gasteiger partial charge in [0.05, 0.1) is 11.1 Å². The molecule has 11 heavy (non-hydrogen) atoms. The lowest BCUT2D eigenvalue weighted by Gasteiger charge is -2.12. The Labute approximate surface area is 68.6 Å². The van der Waals surface area contributed by atoms with Crippen LogP contribution in [0.25, 0.3) is 0 Å². The predicted molar refractivity (Wildman–Crippen MR) is 48.4 cm³/mol. The fourth-order valence-electron chi connectivity index (χ4n) is 1.27. The van der Waals surface area contributed by atoms with Crippen LogP contribution < -0.4 is 0 Å². The van der Waals surface area contributed by atoms with Crippen molar-refractivity contribution in [3.05, 3.63) is 0 Å². The lowest BCUT2D eigenvalue weighted by atomic mass is 9.84. The molecule has 1 heterocycles. The zero-order chi connectivity index (χ0) is 8.65. The smallest absolute Gasteiger partial charge is 0.0922 e. The standard InChI is InChI=1S/C9H17N2/c1-6-11-8(3)9(4,5)7(2)10-11/h6H2,1-5H3/q+1. The summed E-state index contributed by atoms with van der Waals surface area (Å²) in [5.74, 6) is 0. The van der Waals surface area contributed by atoms with Crippen LogP contribution in [0.2, 0.25) is 0 Å². The number of rotatable bonds is 1. The van der Waals surface area contributed by atoms with Crippen molar-refractivity contribution >= 4 is 11.4 Å². The van der Waals surface area contributed by atoms with E-state index < -0.39 is 0 Å². The minimum atomic E-state index is 0.177. The Bertz CT molecular complexity index is 234. The molecule has 1 aliphatic rings. The largest absolute Gasteiger partial charge is 0.193 e. The van der Waals surface area contributed by atoms with Gasteiger partial charge < -0.3 is 0 Å². The summed E-state index contributed by atoms with van der Waals surface area (Å²) in [7, 11) is 0. The first-order valence-corrected chi connectivity index (χ1v) is 4.17. The number of hydrazone groups is 1. The molecular formula is C9H17N2+. The summed E-state index contributed by atoms with van der Waals surface area (Å²) in [5.41, 5.74) is 2.75. The molecular weight excluding hydrogens is 136 g/mol. The van der Waals surface area contributed by atoms with Crippen LogP contribution in [0.4, 0.5) is 0 Å². The van der Waals surface area contributed by atoms with Gasteiger partial charge in [0.15, 0.2) is 12.3 Å². The molecule has 0 aromatic heterocycles. The summed E-state index contributed by atoms with van der Waals surface area (Å²) >= 11 is 0. The molecule has 0 aromatic carbocycles. The predicted octanol–water partition coefficient (Wildman–Crippen LogP) is 1.90. The molecule has 0 unspecified atom stereocenters. The van der Waals surface area contributed by atoms with Gasteiger partial charge in [-0.05, 0) is 32.8 Å². The van der Waals surface area contributed by atoms with Crippen molar-refractivity contribution in [3.8, 4) is 0 Å². The third-order valence-electron chi connectivity index (χ3n) is 2.77. The van der Waals surface area contributed by atoms with E-state index in [0.717, 1.165) is 6.54 Å². The van der Waals surface area contributed by atoms with Crippen LogP contribution in [-0.2, 0) is 0 Å². The molecule has 62 valence electrons. The second-order valence-corrected chi connectivity index (χ2v) is 3.61. The molecule has 2 heteroatoms. The highest BCUT2D eigenvalue weighted by atomic mass is 15.4. The van der Waals surface area contributed by atoms with Gasteiger partial charge >= 0.3 is 0 Å². The Balaban J connectivity index is 3.07. The maximum atomic E-state index is 4.45. The van der Waals surface area contributed by atoms with Gasteiger partial charge in [-0.3, -0.25) is 0 Å². The third kappa shape index (κ3) is 1.10. The van der Waals surface area contributed by atoms with Gasteiger partial charge in [-0.1, -0.05) is 4.68 Å².